The summed E-state index contributed by atoms with van der Waals surface area (Å²) in [4.78, 5) is 41.2. The van der Waals surface area contributed by atoms with Gasteiger partial charge in [-0.2, -0.15) is 0 Å². The molecule has 0 radical (unpaired) electrons. The van der Waals surface area contributed by atoms with Crippen molar-refractivity contribution in [3.63, 3.8) is 0 Å². The van der Waals surface area contributed by atoms with Crippen LogP contribution in [0.15, 0.2) is 35.1 Å². The van der Waals surface area contributed by atoms with E-state index in [1.54, 1.807) is 30.3 Å². The highest BCUT2D eigenvalue weighted by molar-refractivity contribution is 6.23. The Balaban J connectivity index is 2.11. The van der Waals surface area contributed by atoms with Crippen molar-refractivity contribution in [2.45, 2.75) is 6.42 Å². The zero-order chi connectivity index (χ0) is 12.7. The van der Waals surface area contributed by atoms with Gasteiger partial charge in [-0.25, -0.2) is 9.69 Å². The van der Waals surface area contributed by atoms with Gasteiger partial charge in [0.05, 0.1) is 17.8 Å². The van der Waals surface area contributed by atoms with E-state index in [1.165, 1.54) is 0 Å². The molecule has 6 nitrogen and oxygen atoms in total. The van der Waals surface area contributed by atoms with Crippen LogP contribution in [0.1, 0.15) is 16.2 Å². The lowest BCUT2D eigenvalue weighted by Gasteiger charge is -2.24. The first-order valence-electron chi connectivity index (χ1n) is 5.40. The van der Waals surface area contributed by atoms with E-state index in [-0.39, 0.29) is 18.0 Å². The third-order valence-corrected chi connectivity index (χ3v) is 2.81. The minimum Gasteiger partial charge on any atom is -0.309 e. The monoisotopic (exact) mass is 243 g/mol. The first kappa shape index (κ1) is 10.5. The molecular weight excluding hydrogens is 234 g/mol. The molecule has 2 aromatic rings. The molecule has 2 amide bonds. The van der Waals surface area contributed by atoms with Crippen LogP contribution in [0.25, 0.3) is 0 Å². The van der Waals surface area contributed by atoms with E-state index < -0.39 is 11.6 Å². The highest BCUT2D eigenvalue weighted by atomic mass is 16.2. The number of para-hydroxylation sites is 1. The molecule has 0 saturated carbocycles. The first-order valence-corrected chi connectivity index (χ1v) is 5.40. The van der Waals surface area contributed by atoms with E-state index in [0.717, 1.165) is 4.90 Å². The first-order chi connectivity index (χ1) is 8.66. The Morgan fingerprint density at radius 3 is 2.44 bits per heavy atom. The summed E-state index contributed by atoms with van der Waals surface area (Å²) >= 11 is 0. The predicted molar refractivity (Wildman–Crippen MR) is 63.4 cm³/mol. The van der Waals surface area contributed by atoms with Gasteiger partial charge in [0.25, 0.3) is 5.91 Å². The molecule has 2 heterocycles. The van der Waals surface area contributed by atoms with E-state index in [0.29, 0.717) is 11.4 Å². The van der Waals surface area contributed by atoms with Crippen LogP contribution in [0, 0.1) is 0 Å². The van der Waals surface area contributed by atoms with Crippen LogP contribution in [0.4, 0.5) is 5.69 Å². The van der Waals surface area contributed by atoms with Crippen molar-refractivity contribution in [3.05, 3.63) is 52.2 Å². The molecule has 0 saturated heterocycles. The van der Waals surface area contributed by atoms with Crippen molar-refractivity contribution in [2.24, 2.45) is 0 Å². The van der Waals surface area contributed by atoms with Crippen molar-refractivity contribution in [1.82, 2.24) is 9.97 Å². The molecule has 3 rings (SSSR count). The molecule has 0 unspecified atom stereocenters. The smallest absolute Gasteiger partial charge is 0.309 e. The lowest BCUT2D eigenvalue weighted by atomic mass is 10.1. The molecule has 1 aromatic heterocycles. The molecule has 1 aliphatic heterocycles. The number of rotatable bonds is 1. The second kappa shape index (κ2) is 3.69. The van der Waals surface area contributed by atoms with Crippen molar-refractivity contribution >= 4 is 17.5 Å². The third kappa shape index (κ3) is 1.46. The van der Waals surface area contributed by atoms with E-state index >= 15 is 0 Å². The van der Waals surface area contributed by atoms with Gasteiger partial charge in [0, 0.05) is 0 Å². The zero-order valence-corrected chi connectivity index (χ0v) is 9.27. The molecule has 0 fully saturated rings. The fourth-order valence-corrected chi connectivity index (χ4v) is 2.03. The molecule has 2 N–H and O–H groups in total. The number of carbonyl (C=O) groups is 2. The highest BCUT2D eigenvalue weighted by Crippen LogP contribution is 2.22. The zero-order valence-electron chi connectivity index (χ0n) is 9.27. The van der Waals surface area contributed by atoms with Gasteiger partial charge in [0.1, 0.15) is 5.69 Å². The molecule has 1 aromatic carbocycles. The lowest BCUT2D eigenvalue weighted by molar-refractivity contribution is -0.117. The Morgan fingerprint density at radius 1 is 1.00 bits per heavy atom. The fraction of sp³-hybridized carbons (Fsp3) is 0.0833. The summed E-state index contributed by atoms with van der Waals surface area (Å²) < 4.78 is 0. The van der Waals surface area contributed by atoms with Gasteiger partial charge < -0.3 is 9.97 Å². The van der Waals surface area contributed by atoms with Crippen molar-refractivity contribution < 1.29 is 9.59 Å². The van der Waals surface area contributed by atoms with E-state index in [2.05, 4.69) is 9.97 Å². The van der Waals surface area contributed by atoms with Crippen LogP contribution in [-0.4, -0.2) is 21.8 Å². The Hall–Kier alpha value is -2.63. The maximum atomic E-state index is 12.2. The summed E-state index contributed by atoms with van der Waals surface area (Å²) in [5.74, 6) is -0.861. The Morgan fingerprint density at radius 2 is 1.72 bits per heavy atom. The summed E-state index contributed by atoms with van der Waals surface area (Å²) in [6.07, 6.45) is 0.00864. The Labute approximate surface area is 101 Å². The second-order valence-corrected chi connectivity index (χ2v) is 3.98. The average Bonchev–Trinajstić information content (AvgIpc) is 2.71. The van der Waals surface area contributed by atoms with Gasteiger partial charge in [-0.15, -0.1) is 0 Å². The topological polar surface area (TPSA) is 86.0 Å². The quantitative estimate of drug-likeness (QED) is 0.712. The van der Waals surface area contributed by atoms with E-state index in [9.17, 15) is 14.4 Å². The van der Waals surface area contributed by atoms with Crippen molar-refractivity contribution in [3.8, 4) is 0 Å². The second-order valence-electron chi connectivity index (χ2n) is 3.98. The van der Waals surface area contributed by atoms with E-state index in [4.69, 9.17) is 0 Å². The minimum atomic E-state index is -0.509. The fourth-order valence-electron chi connectivity index (χ4n) is 2.03. The van der Waals surface area contributed by atoms with Crippen LogP contribution in [0.5, 0.6) is 0 Å². The number of imidazole rings is 1. The predicted octanol–water partition coefficient (Wildman–Crippen LogP) is 0.432. The summed E-state index contributed by atoms with van der Waals surface area (Å²) in [6, 6.07) is 8.62. The number of amides is 2. The van der Waals surface area contributed by atoms with Crippen LogP contribution in [0.3, 0.4) is 0 Å². The SMILES string of the molecule is O=C1Cc2[nH]c(=O)[nH]c2C(=O)N1c1ccccc1. The van der Waals surface area contributed by atoms with Gasteiger partial charge >= 0.3 is 5.69 Å². The molecule has 0 aliphatic carbocycles. The molecule has 90 valence electrons. The average molecular weight is 243 g/mol. The number of nitrogens with one attached hydrogen (secondary N) is 2. The number of anilines is 1. The van der Waals surface area contributed by atoms with Crippen LogP contribution < -0.4 is 10.6 Å². The van der Waals surface area contributed by atoms with Gasteiger partial charge in [-0.1, -0.05) is 18.2 Å². The summed E-state index contributed by atoms with van der Waals surface area (Å²) in [7, 11) is 0. The summed E-state index contributed by atoms with van der Waals surface area (Å²) in [5.41, 5.74) is 0.530. The number of hydrogen-bond donors (Lipinski definition) is 2. The Bertz CT molecular complexity index is 684. The summed E-state index contributed by atoms with van der Waals surface area (Å²) in [6.45, 7) is 0. The minimum absolute atomic E-state index is 0.00864. The number of imide groups is 1. The largest absolute Gasteiger partial charge is 0.323 e. The van der Waals surface area contributed by atoms with Gasteiger partial charge in [0.2, 0.25) is 5.91 Å². The maximum absolute atomic E-state index is 12.2. The number of aromatic amines is 2. The molecule has 1 aliphatic rings. The van der Waals surface area contributed by atoms with E-state index in [1.807, 2.05) is 0 Å². The lowest BCUT2D eigenvalue weighted by Crippen LogP contribution is -2.42. The molecule has 18 heavy (non-hydrogen) atoms. The number of H-pyrrole nitrogens is 2. The van der Waals surface area contributed by atoms with Crippen LogP contribution in [-0.2, 0) is 11.2 Å². The number of carbonyl (C=O) groups excluding carboxylic acids is 2. The van der Waals surface area contributed by atoms with Crippen LogP contribution >= 0.6 is 0 Å². The molecule has 0 bridgehead atoms. The van der Waals surface area contributed by atoms with Crippen molar-refractivity contribution in [1.29, 1.82) is 0 Å². The maximum Gasteiger partial charge on any atom is 0.323 e. The highest BCUT2D eigenvalue weighted by Gasteiger charge is 2.34. The molecule has 6 heteroatoms. The molecule has 0 spiro atoms. The molecule has 0 atom stereocenters. The van der Waals surface area contributed by atoms with Crippen LogP contribution in [0.2, 0.25) is 0 Å². The molecular formula is C12H9N3O3. The van der Waals surface area contributed by atoms with Crippen molar-refractivity contribution in [2.75, 3.05) is 4.90 Å². The number of nitrogens with zero attached hydrogens (tertiary/aromatic N) is 1. The third-order valence-electron chi connectivity index (χ3n) is 2.81. The summed E-state index contributed by atoms with van der Waals surface area (Å²) in [5, 5.41) is 0. The van der Waals surface area contributed by atoms with Gasteiger partial charge in [0.15, 0.2) is 0 Å². The van der Waals surface area contributed by atoms with Gasteiger partial charge in [-0.05, 0) is 12.1 Å². The normalized spacial score (nSPS) is 14.8. The standard InChI is InChI=1S/C12H9N3O3/c16-9-6-8-10(14-12(18)13-8)11(17)15(9)7-4-2-1-3-5-7/h1-5H,6H2,(H2,13,14,18). The number of hydrogen-bond acceptors (Lipinski definition) is 3. The number of benzene rings is 1. The Kier molecular flexibility index (Phi) is 2.16. The van der Waals surface area contributed by atoms with Gasteiger partial charge in [-0.3, -0.25) is 9.59 Å². The number of fused-ring (bicyclic) bond motifs is 1. The number of aromatic nitrogens is 2.